The first-order valence-electron chi connectivity index (χ1n) is 5.76. The Balaban J connectivity index is 2.63. The number of hydrogen-bond acceptors (Lipinski definition) is 2. The zero-order chi connectivity index (χ0) is 14.5. The molecule has 0 aliphatic heterocycles. The van der Waals surface area contributed by atoms with E-state index in [2.05, 4.69) is 21.2 Å². The van der Waals surface area contributed by atoms with Gasteiger partial charge in [-0.2, -0.15) is 0 Å². The molecule has 102 valence electrons. The lowest BCUT2D eigenvalue weighted by molar-refractivity contribution is -0.138. The Hall–Kier alpha value is -1.62. The molecule has 0 aromatic heterocycles. The summed E-state index contributed by atoms with van der Waals surface area (Å²) in [6.07, 6.45) is 2.95. The molecule has 5 heteroatoms. The van der Waals surface area contributed by atoms with E-state index < -0.39 is 11.5 Å². The van der Waals surface area contributed by atoms with Crippen molar-refractivity contribution in [2.45, 2.75) is 25.8 Å². The van der Waals surface area contributed by atoms with Gasteiger partial charge in [0.2, 0.25) is 5.91 Å². The molecule has 1 aromatic carbocycles. The highest BCUT2D eigenvalue weighted by Crippen LogP contribution is 2.13. The van der Waals surface area contributed by atoms with Crippen LogP contribution >= 0.6 is 15.9 Å². The third kappa shape index (κ3) is 6.20. The van der Waals surface area contributed by atoms with Gasteiger partial charge in [-0.3, -0.25) is 9.59 Å². The third-order valence-electron chi connectivity index (χ3n) is 2.33. The van der Waals surface area contributed by atoms with Crippen molar-refractivity contribution in [1.82, 2.24) is 5.32 Å². The SMILES string of the molecule is CC(C)(CC(=O)O)NC(=O)C=Cc1cccc(Br)c1. The molecule has 0 bridgehead atoms. The summed E-state index contributed by atoms with van der Waals surface area (Å²) in [6, 6.07) is 7.52. The molecule has 0 fully saturated rings. The lowest BCUT2D eigenvalue weighted by atomic mass is 10.0. The van der Waals surface area contributed by atoms with Crippen molar-refractivity contribution in [3.8, 4) is 0 Å². The molecule has 1 aromatic rings. The Morgan fingerprint density at radius 1 is 1.42 bits per heavy atom. The Labute approximate surface area is 120 Å². The number of carboxylic acids is 1. The van der Waals surface area contributed by atoms with E-state index in [4.69, 9.17) is 5.11 Å². The monoisotopic (exact) mass is 325 g/mol. The number of benzene rings is 1. The largest absolute Gasteiger partial charge is 0.481 e. The van der Waals surface area contributed by atoms with Crippen LogP contribution in [-0.4, -0.2) is 22.5 Å². The number of halogens is 1. The van der Waals surface area contributed by atoms with Crippen LogP contribution < -0.4 is 5.32 Å². The molecule has 0 aliphatic carbocycles. The van der Waals surface area contributed by atoms with Gasteiger partial charge < -0.3 is 10.4 Å². The van der Waals surface area contributed by atoms with Crippen LogP contribution in [0.15, 0.2) is 34.8 Å². The van der Waals surface area contributed by atoms with Gasteiger partial charge >= 0.3 is 5.97 Å². The number of carbonyl (C=O) groups is 2. The third-order valence-corrected chi connectivity index (χ3v) is 2.82. The molecule has 0 unspecified atom stereocenters. The van der Waals surface area contributed by atoms with Crippen LogP contribution in [0, 0.1) is 0 Å². The first kappa shape index (κ1) is 15.4. The van der Waals surface area contributed by atoms with Crippen LogP contribution in [0.5, 0.6) is 0 Å². The van der Waals surface area contributed by atoms with Crippen molar-refractivity contribution in [2.24, 2.45) is 0 Å². The minimum Gasteiger partial charge on any atom is -0.481 e. The first-order chi connectivity index (χ1) is 8.78. The van der Waals surface area contributed by atoms with Crippen LogP contribution in [0.1, 0.15) is 25.8 Å². The highest BCUT2D eigenvalue weighted by Gasteiger charge is 2.22. The fraction of sp³-hybridized carbons (Fsp3) is 0.286. The smallest absolute Gasteiger partial charge is 0.305 e. The van der Waals surface area contributed by atoms with Crippen molar-refractivity contribution in [2.75, 3.05) is 0 Å². The molecule has 1 rings (SSSR count). The zero-order valence-electron chi connectivity index (χ0n) is 10.8. The summed E-state index contributed by atoms with van der Waals surface area (Å²) in [4.78, 5) is 22.3. The Kier molecular flexibility index (Phi) is 5.30. The maximum absolute atomic E-state index is 11.7. The predicted molar refractivity (Wildman–Crippen MR) is 77.7 cm³/mol. The number of aliphatic carboxylic acids is 1. The number of carboxylic acid groups (broad SMARTS) is 1. The molecule has 2 N–H and O–H groups in total. The molecule has 4 nitrogen and oxygen atoms in total. The normalized spacial score (nSPS) is 11.5. The molecule has 0 atom stereocenters. The van der Waals surface area contributed by atoms with E-state index in [1.165, 1.54) is 6.08 Å². The summed E-state index contributed by atoms with van der Waals surface area (Å²) in [5.74, 6) is -1.26. The molecule has 0 saturated heterocycles. The average molecular weight is 326 g/mol. The molecule has 0 radical (unpaired) electrons. The lowest BCUT2D eigenvalue weighted by Gasteiger charge is -2.23. The van der Waals surface area contributed by atoms with Gasteiger partial charge in [0.15, 0.2) is 0 Å². The summed E-state index contributed by atoms with van der Waals surface area (Å²) in [5, 5.41) is 11.4. The lowest BCUT2D eigenvalue weighted by Crippen LogP contribution is -2.44. The van der Waals surface area contributed by atoms with Gasteiger partial charge in [0, 0.05) is 16.1 Å². The minimum absolute atomic E-state index is 0.122. The van der Waals surface area contributed by atoms with Gasteiger partial charge in [-0.25, -0.2) is 0 Å². The highest BCUT2D eigenvalue weighted by molar-refractivity contribution is 9.10. The summed E-state index contributed by atoms with van der Waals surface area (Å²) in [7, 11) is 0. The van der Waals surface area contributed by atoms with Crippen molar-refractivity contribution >= 4 is 33.9 Å². The molecule has 1 amide bonds. The Bertz CT molecular complexity index is 509. The maximum atomic E-state index is 11.7. The number of rotatable bonds is 5. The fourth-order valence-corrected chi connectivity index (χ4v) is 2.00. The van der Waals surface area contributed by atoms with Gasteiger partial charge in [0.25, 0.3) is 0 Å². The second-order valence-electron chi connectivity index (χ2n) is 4.83. The summed E-state index contributed by atoms with van der Waals surface area (Å²) in [5.41, 5.74) is 0.116. The van der Waals surface area contributed by atoms with Crippen molar-refractivity contribution < 1.29 is 14.7 Å². The summed E-state index contributed by atoms with van der Waals surface area (Å²) >= 11 is 3.35. The van der Waals surface area contributed by atoms with Crippen LogP contribution in [0.3, 0.4) is 0 Å². The van der Waals surface area contributed by atoms with E-state index >= 15 is 0 Å². The van der Waals surface area contributed by atoms with Crippen molar-refractivity contribution in [1.29, 1.82) is 0 Å². The Morgan fingerprint density at radius 2 is 2.11 bits per heavy atom. The molecule has 0 spiro atoms. The summed E-state index contributed by atoms with van der Waals surface area (Å²) < 4.78 is 0.932. The molecule has 19 heavy (non-hydrogen) atoms. The second-order valence-corrected chi connectivity index (χ2v) is 5.75. The van der Waals surface area contributed by atoms with Crippen LogP contribution in [0.4, 0.5) is 0 Å². The number of nitrogens with one attached hydrogen (secondary N) is 1. The molecular formula is C14H16BrNO3. The van der Waals surface area contributed by atoms with E-state index in [-0.39, 0.29) is 12.3 Å². The van der Waals surface area contributed by atoms with Crippen molar-refractivity contribution in [3.05, 3.63) is 40.4 Å². The Morgan fingerprint density at radius 3 is 2.68 bits per heavy atom. The molecule has 0 heterocycles. The van der Waals surface area contributed by atoms with Gasteiger partial charge in [-0.15, -0.1) is 0 Å². The minimum atomic E-state index is -0.943. The molecule has 0 aliphatic rings. The second kappa shape index (κ2) is 6.52. The van der Waals surface area contributed by atoms with Gasteiger partial charge in [-0.05, 0) is 37.6 Å². The van der Waals surface area contributed by atoms with E-state index in [1.807, 2.05) is 24.3 Å². The van der Waals surface area contributed by atoms with Gasteiger partial charge in [0.1, 0.15) is 0 Å². The van der Waals surface area contributed by atoms with Crippen LogP contribution in [0.25, 0.3) is 6.08 Å². The van der Waals surface area contributed by atoms with E-state index in [1.54, 1.807) is 19.9 Å². The van der Waals surface area contributed by atoms with Crippen molar-refractivity contribution in [3.63, 3.8) is 0 Å². The standard InChI is InChI=1S/C14H16BrNO3/c1-14(2,9-13(18)19)16-12(17)7-6-10-4-3-5-11(15)8-10/h3-8H,9H2,1-2H3,(H,16,17)(H,18,19). The molecular weight excluding hydrogens is 310 g/mol. The topological polar surface area (TPSA) is 66.4 Å². The highest BCUT2D eigenvalue weighted by atomic mass is 79.9. The maximum Gasteiger partial charge on any atom is 0.305 e. The van der Waals surface area contributed by atoms with E-state index in [0.29, 0.717) is 0 Å². The first-order valence-corrected chi connectivity index (χ1v) is 6.55. The average Bonchev–Trinajstić information content (AvgIpc) is 2.24. The van der Waals surface area contributed by atoms with Crippen LogP contribution in [0.2, 0.25) is 0 Å². The van der Waals surface area contributed by atoms with E-state index in [9.17, 15) is 9.59 Å². The summed E-state index contributed by atoms with van der Waals surface area (Å²) in [6.45, 7) is 3.35. The van der Waals surface area contributed by atoms with Gasteiger partial charge in [-0.1, -0.05) is 28.1 Å². The number of carbonyl (C=O) groups excluding carboxylic acids is 1. The fourth-order valence-electron chi connectivity index (χ4n) is 1.58. The molecule has 0 saturated carbocycles. The van der Waals surface area contributed by atoms with E-state index in [0.717, 1.165) is 10.0 Å². The quantitative estimate of drug-likeness (QED) is 0.818. The zero-order valence-corrected chi connectivity index (χ0v) is 12.4. The van der Waals surface area contributed by atoms with Crippen LogP contribution in [-0.2, 0) is 9.59 Å². The number of amides is 1. The predicted octanol–water partition coefficient (Wildman–Crippen LogP) is 2.83. The van der Waals surface area contributed by atoms with Gasteiger partial charge in [0.05, 0.1) is 6.42 Å². The number of hydrogen-bond donors (Lipinski definition) is 2.